The van der Waals surface area contributed by atoms with Crippen LogP contribution >= 0.6 is 0 Å². The molecule has 0 bridgehead atoms. The van der Waals surface area contributed by atoms with E-state index in [2.05, 4.69) is 20.2 Å². The maximum Gasteiger partial charge on any atom is 0.360 e. The fourth-order valence-electron chi connectivity index (χ4n) is 1.40. The summed E-state index contributed by atoms with van der Waals surface area (Å²) in [5, 5.41) is 7.73. The first kappa shape index (κ1) is 12.1. The first-order valence-electron chi connectivity index (χ1n) is 5.52. The van der Waals surface area contributed by atoms with Crippen molar-refractivity contribution in [3.63, 3.8) is 0 Å². The number of aromatic nitrogens is 4. The highest BCUT2D eigenvalue weighted by molar-refractivity contribution is 5.88. The third-order valence-corrected chi connectivity index (χ3v) is 2.22. The molecule has 0 atom stereocenters. The molecule has 0 aliphatic heterocycles. The Kier molecular flexibility index (Phi) is 3.57. The zero-order valence-corrected chi connectivity index (χ0v) is 10.1. The maximum absolute atomic E-state index is 11.5. The van der Waals surface area contributed by atoms with Crippen LogP contribution in [0.15, 0.2) is 24.4 Å². The number of aryl methyl sites for hydroxylation is 1. The molecule has 2 aromatic heterocycles. The van der Waals surface area contributed by atoms with Gasteiger partial charge in [-0.15, -0.1) is 10.2 Å². The van der Waals surface area contributed by atoms with E-state index in [1.54, 1.807) is 32.2 Å². The molecular weight excluding hydrogens is 232 g/mol. The molecule has 0 amide bonds. The van der Waals surface area contributed by atoms with Crippen LogP contribution in [0.2, 0.25) is 0 Å². The lowest BCUT2D eigenvalue weighted by Crippen LogP contribution is -2.12. The Morgan fingerprint density at radius 2 is 2.17 bits per heavy atom. The Bertz CT molecular complexity index is 557. The molecule has 0 aliphatic carbocycles. The Morgan fingerprint density at radius 3 is 2.78 bits per heavy atom. The van der Waals surface area contributed by atoms with Crippen LogP contribution in [-0.4, -0.2) is 32.7 Å². The third kappa shape index (κ3) is 2.48. The van der Waals surface area contributed by atoms with Crippen molar-refractivity contribution in [2.24, 2.45) is 0 Å². The lowest BCUT2D eigenvalue weighted by atomic mass is 10.3. The van der Waals surface area contributed by atoms with Gasteiger partial charge in [0.2, 0.25) is 5.82 Å². The van der Waals surface area contributed by atoms with Gasteiger partial charge in [0.05, 0.1) is 12.3 Å². The second-order valence-electron chi connectivity index (χ2n) is 3.50. The molecule has 2 rings (SSSR count). The molecule has 0 saturated carbocycles. The quantitative estimate of drug-likeness (QED) is 0.760. The number of carbonyl (C=O) groups excluding carboxylic acids is 1. The predicted molar refractivity (Wildman–Crippen MR) is 63.8 cm³/mol. The van der Waals surface area contributed by atoms with Gasteiger partial charge in [-0.3, -0.25) is 4.98 Å². The molecule has 0 radical (unpaired) electrons. The van der Waals surface area contributed by atoms with Crippen LogP contribution in [-0.2, 0) is 4.74 Å². The van der Waals surface area contributed by atoms with Crippen molar-refractivity contribution in [3.05, 3.63) is 35.8 Å². The fourth-order valence-corrected chi connectivity index (χ4v) is 1.40. The number of rotatable bonds is 3. The molecule has 0 saturated heterocycles. The van der Waals surface area contributed by atoms with Gasteiger partial charge in [0.15, 0.2) is 5.69 Å². The average Bonchev–Trinajstić information content (AvgIpc) is 2.40. The van der Waals surface area contributed by atoms with Gasteiger partial charge in [-0.05, 0) is 26.0 Å². The molecule has 0 aromatic carbocycles. The summed E-state index contributed by atoms with van der Waals surface area (Å²) in [5.41, 5.74) is 1.23. The highest BCUT2D eigenvalue weighted by Gasteiger charge is 2.15. The minimum atomic E-state index is -0.512. The second-order valence-corrected chi connectivity index (χ2v) is 3.50. The van der Waals surface area contributed by atoms with Crippen molar-refractivity contribution in [1.82, 2.24) is 20.2 Å². The van der Waals surface area contributed by atoms with Crippen molar-refractivity contribution < 1.29 is 9.53 Å². The van der Waals surface area contributed by atoms with E-state index in [0.717, 1.165) is 0 Å². The van der Waals surface area contributed by atoms with Crippen molar-refractivity contribution in [3.8, 4) is 11.5 Å². The smallest absolute Gasteiger partial charge is 0.360 e. The third-order valence-electron chi connectivity index (χ3n) is 2.22. The van der Waals surface area contributed by atoms with Crippen LogP contribution < -0.4 is 0 Å². The standard InChI is InChI=1S/C12H12N4O2/c1-3-18-12(17)10-8(2)14-11(16-15-10)9-6-4-5-7-13-9/h4-7H,3H2,1-2H3. The molecule has 2 aromatic rings. The number of carbonyl (C=O) groups is 1. The molecule has 2 heterocycles. The summed E-state index contributed by atoms with van der Waals surface area (Å²) in [5.74, 6) is -0.122. The number of ether oxygens (including phenoxy) is 1. The van der Waals surface area contributed by atoms with Gasteiger partial charge >= 0.3 is 5.97 Å². The zero-order chi connectivity index (χ0) is 13.0. The van der Waals surface area contributed by atoms with E-state index in [0.29, 0.717) is 23.8 Å². The lowest BCUT2D eigenvalue weighted by Gasteiger charge is -2.04. The van der Waals surface area contributed by atoms with Gasteiger partial charge in [-0.1, -0.05) is 6.07 Å². The fraction of sp³-hybridized carbons (Fsp3) is 0.250. The summed E-state index contributed by atoms with van der Waals surface area (Å²) in [7, 11) is 0. The molecule has 0 fully saturated rings. The van der Waals surface area contributed by atoms with E-state index in [-0.39, 0.29) is 5.69 Å². The number of esters is 1. The molecule has 92 valence electrons. The van der Waals surface area contributed by atoms with E-state index in [1.165, 1.54) is 0 Å². The SMILES string of the molecule is CCOC(=O)c1nnc(-c2ccccn2)nc1C. The van der Waals surface area contributed by atoms with Crippen LogP contribution in [0.1, 0.15) is 23.1 Å². The summed E-state index contributed by atoms with van der Waals surface area (Å²) in [4.78, 5) is 19.9. The van der Waals surface area contributed by atoms with E-state index in [4.69, 9.17) is 4.74 Å². The molecule has 0 spiro atoms. The van der Waals surface area contributed by atoms with Gasteiger partial charge in [-0.25, -0.2) is 9.78 Å². The van der Waals surface area contributed by atoms with Crippen LogP contribution in [0.3, 0.4) is 0 Å². The predicted octanol–water partition coefficient (Wildman–Crippen LogP) is 1.42. The van der Waals surface area contributed by atoms with Crippen molar-refractivity contribution >= 4 is 5.97 Å². The van der Waals surface area contributed by atoms with Crippen LogP contribution in [0.25, 0.3) is 11.5 Å². The van der Waals surface area contributed by atoms with Gasteiger partial charge in [0.1, 0.15) is 5.69 Å². The Morgan fingerprint density at radius 1 is 1.33 bits per heavy atom. The van der Waals surface area contributed by atoms with Crippen molar-refractivity contribution in [2.45, 2.75) is 13.8 Å². The maximum atomic E-state index is 11.5. The highest BCUT2D eigenvalue weighted by Crippen LogP contribution is 2.11. The molecular formula is C12H12N4O2. The molecule has 0 N–H and O–H groups in total. The topological polar surface area (TPSA) is 77.9 Å². The van der Waals surface area contributed by atoms with Gasteiger partial charge in [0, 0.05) is 6.20 Å². The number of hydrogen-bond donors (Lipinski definition) is 0. The Balaban J connectivity index is 2.34. The molecule has 6 nitrogen and oxygen atoms in total. The summed E-state index contributed by atoms with van der Waals surface area (Å²) in [6.45, 7) is 3.71. The largest absolute Gasteiger partial charge is 0.461 e. The van der Waals surface area contributed by atoms with E-state index in [9.17, 15) is 4.79 Å². The normalized spacial score (nSPS) is 10.1. The van der Waals surface area contributed by atoms with Crippen LogP contribution in [0.5, 0.6) is 0 Å². The van der Waals surface area contributed by atoms with E-state index < -0.39 is 5.97 Å². The Hall–Kier alpha value is -2.37. The van der Waals surface area contributed by atoms with Gasteiger partial charge < -0.3 is 4.74 Å². The molecule has 18 heavy (non-hydrogen) atoms. The second kappa shape index (κ2) is 5.31. The summed E-state index contributed by atoms with van der Waals surface area (Å²) in [6, 6.07) is 5.41. The lowest BCUT2D eigenvalue weighted by molar-refractivity contribution is 0.0516. The first-order chi connectivity index (χ1) is 8.72. The average molecular weight is 244 g/mol. The minimum Gasteiger partial charge on any atom is -0.461 e. The van der Waals surface area contributed by atoms with Crippen molar-refractivity contribution in [1.29, 1.82) is 0 Å². The molecule has 6 heteroatoms. The van der Waals surface area contributed by atoms with Gasteiger partial charge in [0.25, 0.3) is 0 Å². The number of nitrogens with zero attached hydrogens (tertiary/aromatic N) is 4. The van der Waals surface area contributed by atoms with Crippen LogP contribution in [0, 0.1) is 6.92 Å². The van der Waals surface area contributed by atoms with Crippen molar-refractivity contribution in [2.75, 3.05) is 6.61 Å². The minimum absolute atomic E-state index is 0.136. The number of pyridine rings is 1. The van der Waals surface area contributed by atoms with Crippen LogP contribution in [0.4, 0.5) is 0 Å². The zero-order valence-electron chi connectivity index (χ0n) is 10.1. The Labute approximate surface area is 104 Å². The first-order valence-corrected chi connectivity index (χ1v) is 5.52. The monoisotopic (exact) mass is 244 g/mol. The van der Waals surface area contributed by atoms with E-state index in [1.807, 2.05) is 6.07 Å². The summed E-state index contributed by atoms with van der Waals surface area (Å²) >= 11 is 0. The van der Waals surface area contributed by atoms with Gasteiger partial charge in [-0.2, -0.15) is 0 Å². The molecule has 0 unspecified atom stereocenters. The summed E-state index contributed by atoms with van der Waals surface area (Å²) in [6.07, 6.45) is 1.65. The summed E-state index contributed by atoms with van der Waals surface area (Å²) < 4.78 is 4.86. The number of hydrogen-bond acceptors (Lipinski definition) is 6. The highest BCUT2D eigenvalue weighted by atomic mass is 16.5. The molecule has 0 aliphatic rings. The van der Waals surface area contributed by atoms with E-state index >= 15 is 0 Å².